The fourth-order valence-corrected chi connectivity index (χ4v) is 0.535. The lowest BCUT2D eigenvalue weighted by molar-refractivity contribution is 0.0503. The summed E-state index contributed by atoms with van der Waals surface area (Å²) in [5.41, 5.74) is 0. The predicted molar refractivity (Wildman–Crippen MR) is 24.2 cm³/mol. The topological polar surface area (TPSA) is 47.8 Å². The van der Waals surface area contributed by atoms with Crippen molar-refractivity contribution >= 4 is 0 Å². The van der Waals surface area contributed by atoms with Gasteiger partial charge in [-0.05, 0) is 6.42 Å². The third-order valence-electron chi connectivity index (χ3n) is 1.07. The SMILES string of the molecule is CCC1OC1ON. The largest absolute Gasteiger partial charge is 0.340 e. The van der Waals surface area contributed by atoms with E-state index in [1.807, 2.05) is 6.92 Å². The molecule has 3 nitrogen and oxygen atoms in total. The molecule has 3 heteroatoms. The van der Waals surface area contributed by atoms with Gasteiger partial charge in [-0.3, -0.25) is 4.84 Å². The molecule has 1 rings (SSSR count). The molecule has 1 fully saturated rings. The zero-order valence-electron chi connectivity index (χ0n) is 4.26. The number of nitrogens with two attached hydrogens (primary N) is 1. The third-order valence-corrected chi connectivity index (χ3v) is 1.07. The lowest BCUT2D eigenvalue weighted by atomic mass is 10.4. The average Bonchev–Trinajstić information content (AvgIpc) is 2.43. The van der Waals surface area contributed by atoms with Crippen molar-refractivity contribution in [1.29, 1.82) is 0 Å². The van der Waals surface area contributed by atoms with Crippen molar-refractivity contribution in [3.8, 4) is 0 Å². The van der Waals surface area contributed by atoms with Crippen molar-refractivity contribution in [3.63, 3.8) is 0 Å². The number of ether oxygens (including phenoxy) is 1. The molecular formula is C4H9NO2. The van der Waals surface area contributed by atoms with E-state index in [2.05, 4.69) is 4.84 Å². The lowest BCUT2D eigenvalue weighted by Gasteiger charge is -1.81. The Labute approximate surface area is 42.3 Å². The summed E-state index contributed by atoms with van der Waals surface area (Å²) in [5, 5.41) is 0. The molecule has 0 spiro atoms. The number of epoxide rings is 1. The normalized spacial score (nSPS) is 38.6. The fourth-order valence-electron chi connectivity index (χ4n) is 0.535. The third kappa shape index (κ3) is 0.907. The highest BCUT2D eigenvalue weighted by Gasteiger charge is 2.37. The van der Waals surface area contributed by atoms with Gasteiger partial charge in [0.2, 0.25) is 6.29 Å². The highest BCUT2D eigenvalue weighted by atomic mass is 16.8. The first kappa shape index (κ1) is 5.03. The minimum atomic E-state index is -0.106. The quantitative estimate of drug-likeness (QED) is 0.395. The minimum absolute atomic E-state index is 0.106. The van der Waals surface area contributed by atoms with Crippen LogP contribution in [0.4, 0.5) is 0 Å². The van der Waals surface area contributed by atoms with Crippen LogP contribution < -0.4 is 5.90 Å². The van der Waals surface area contributed by atoms with Crippen LogP contribution in [0.25, 0.3) is 0 Å². The van der Waals surface area contributed by atoms with Gasteiger partial charge in [0, 0.05) is 0 Å². The monoisotopic (exact) mass is 103 g/mol. The molecule has 2 unspecified atom stereocenters. The summed E-state index contributed by atoms with van der Waals surface area (Å²) in [5.74, 6) is 4.77. The summed E-state index contributed by atoms with van der Waals surface area (Å²) in [7, 11) is 0. The van der Waals surface area contributed by atoms with Gasteiger partial charge in [-0.15, -0.1) is 0 Å². The van der Waals surface area contributed by atoms with Gasteiger partial charge < -0.3 is 4.74 Å². The number of rotatable bonds is 2. The Bertz CT molecular complexity index is 58.7. The Balaban J connectivity index is 2.06. The molecule has 42 valence electrons. The first-order valence-corrected chi connectivity index (χ1v) is 2.39. The second-order valence-corrected chi connectivity index (χ2v) is 1.59. The van der Waals surface area contributed by atoms with Crippen LogP contribution in [0.3, 0.4) is 0 Å². The van der Waals surface area contributed by atoms with Gasteiger partial charge in [-0.1, -0.05) is 6.92 Å². The summed E-state index contributed by atoms with van der Waals surface area (Å²) in [6.45, 7) is 2.03. The van der Waals surface area contributed by atoms with Crippen LogP contribution in [0.2, 0.25) is 0 Å². The summed E-state index contributed by atoms with van der Waals surface area (Å²) in [6, 6.07) is 0. The zero-order chi connectivity index (χ0) is 5.28. The summed E-state index contributed by atoms with van der Waals surface area (Å²) in [6.07, 6.45) is 1.15. The van der Waals surface area contributed by atoms with Gasteiger partial charge in [0.25, 0.3) is 0 Å². The molecule has 0 bridgehead atoms. The van der Waals surface area contributed by atoms with Gasteiger partial charge in [-0.2, -0.15) is 0 Å². The van der Waals surface area contributed by atoms with Gasteiger partial charge in [-0.25, -0.2) is 5.90 Å². The Morgan fingerprint density at radius 3 is 2.71 bits per heavy atom. The van der Waals surface area contributed by atoms with Crippen LogP contribution in [0.5, 0.6) is 0 Å². The van der Waals surface area contributed by atoms with Gasteiger partial charge in [0.1, 0.15) is 6.10 Å². The molecular weight excluding hydrogens is 94.0 g/mol. The Kier molecular flexibility index (Phi) is 1.27. The maximum atomic E-state index is 4.87. The molecule has 0 amide bonds. The van der Waals surface area contributed by atoms with Crippen molar-refractivity contribution in [3.05, 3.63) is 0 Å². The zero-order valence-corrected chi connectivity index (χ0v) is 4.26. The Hall–Kier alpha value is -0.120. The molecule has 1 saturated heterocycles. The molecule has 1 heterocycles. The molecule has 0 radical (unpaired) electrons. The van der Waals surface area contributed by atoms with Crippen molar-refractivity contribution < 1.29 is 9.57 Å². The second kappa shape index (κ2) is 1.78. The molecule has 0 aromatic rings. The van der Waals surface area contributed by atoms with Crippen LogP contribution >= 0.6 is 0 Å². The van der Waals surface area contributed by atoms with Crippen LogP contribution in [-0.2, 0) is 9.57 Å². The van der Waals surface area contributed by atoms with Crippen LogP contribution in [0, 0.1) is 0 Å². The van der Waals surface area contributed by atoms with E-state index >= 15 is 0 Å². The Morgan fingerprint density at radius 2 is 2.57 bits per heavy atom. The maximum absolute atomic E-state index is 4.87. The fraction of sp³-hybridized carbons (Fsp3) is 1.00. The standard InChI is InChI=1S/C4H9NO2/c1-2-3-4(6-3)7-5/h3-4H,2,5H2,1H3. The number of hydrogen-bond acceptors (Lipinski definition) is 3. The molecule has 0 saturated carbocycles. The minimum Gasteiger partial charge on any atom is -0.340 e. The summed E-state index contributed by atoms with van der Waals surface area (Å²) < 4.78 is 4.87. The van der Waals surface area contributed by atoms with E-state index in [0.717, 1.165) is 6.42 Å². The highest BCUT2D eigenvalue weighted by Crippen LogP contribution is 2.23. The molecule has 0 aromatic carbocycles. The highest BCUT2D eigenvalue weighted by molar-refractivity contribution is 4.73. The van der Waals surface area contributed by atoms with Crippen molar-refractivity contribution in [1.82, 2.24) is 0 Å². The van der Waals surface area contributed by atoms with E-state index in [9.17, 15) is 0 Å². The molecule has 2 atom stereocenters. The molecule has 1 aliphatic heterocycles. The molecule has 1 aliphatic rings. The van der Waals surface area contributed by atoms with Crippen LogP contribution in [-0.4, -0.2) is 12.4 Å². The molecule has 0 aliphatic carbocycles. The molecule has 2 N–H and O–H groups in total. The van der Waals surface area contributed by atoms with Crippen LogP contribution in [0.15, 0.2) is 0 Å². The summed E-state index contributed by atoms with van der Waals surface area (Å²) in [4.78, 5) is 4.34. The van der Waals surface area contributed by atoms with E-state index in [1.165, 1.54) is 0 Å². The predicted octanol–water partition coefficient (Wildman–Crippen LogP) is 0.0116. The van der Waals surface area contributed by atoms with E-state index in [1.54, 1.807) is 0 Å². The average molecular weight is 103 g/mol. The van der Waals surface area contributed by atoms with Crippen molar-refractivity contribution in [2.45, 2.75) is 25.7 Å². The van der Waals surface area contributed by atoms with E-state index < -0.39 is 0 Å². The number of hydrogen-bond donors (Lipinski definition) is 1. The first-order valence-electron chi connectivity index (χ1n) is 2.39. The summed E-state index contributed by atoms with van der Waals surface area (Å²) >= 11 is 0. The van der Waals surface area contributed by atoms with Crippen LogP contribution in [0.1, 0.15) is 13.3 Å². The maximum Gasteiger partial charge on any atom is 0.203 e. The Morgan fingerprint density at radius 1 is 1.86 bits per heavy atom. The molecule has 7 heavy (non-hydrogen) atoms. The van der Waals surface area contributed by atoms with E-state index in [0.29, 0.717) is 0 Å². The van der Waals surface area contributed by atoms with Crippen molar-refractivity contribution in [2.24, 2.45) is 5.90 Å². The van der Waals surface area contributed by atoms with Gasteiger partial charge in [0.15, 0.2) is 0 Å². The van der Waals surface area contributed by atoms with Crippen molar-refractivity contribution in [2.75, 3.05) is 0 Å². The van der Waals surface area contributed by atoms with Gasteiger partial charge in [0.05, 0.1) is 0 Å². The lowest BCUT2D eigenvalue weighted by Crippen LogP contribution is -2.04. The first-order chi connectivity index (χ1) is 3.38. The van der Waals surface area contributed by atoms with E-state index in [4.69, 9.17) is 10.6 Å². The molecule has 0 aromatic heterocycles. The smallest absolute Gasteiger partial charge is 0.203 e. The second-order valence-electron chi connectivity index (χ2n) is 1.59. The van der Waals surface area contributed by atoms with E-state index in [-0.39, 0.29) is 12.4 Å². The van der Waals surface area contributed by atoms with Gasteiger partial charge >= 0.3 is 0 Å².